The molecule has 1 aromatic heterocycles. The number of ether oxygens (including phenoxy) is 2. The van der Waals surface area contributed by atoms with Crippen LogP contribution in [0.15, 0.2) is 23.3 Å². The van der Waals surface area contributed by atoms with Gasteiger partial charge >= 0.3 is 0 Å². The summed E-state index contributed by atoms with van der Waals surface area (Å²) < 4.78 is 10.8. The van der Waals surface area contributed by atoms with Crippen LogP contribution in [0.2, 0.25) is 0 Å². The molecule has 2 saturated heterocycles. The van der Waals surface area contributed by atoms with Crippen LogP contribution >= 0.6 is 0 Å². The van der Waals surface area contributed by atoms with Crippen LogP contribution in [0.3, 0.4) is 0 Å². The first kappa shape index (κ1) is 20.1. The Bertz CT molecular complexity index is 881. The second-order valence-electron chi connectivity index (χ2n) is 7.08. The van der Waals surface area contributed by atoms with E-state index in [-0.39, 0.29) is 5.75 Å². The van der Waals surface area contributed by atoms with Gasteiger partial charge in [0.25, 0.3) is 0 Å². The van der Waals surface area contributed by atoms with Crippen LogP contribution in [0.25, 0.3) is 0 Å². The van der Waals surface area contributed by atoms with Gasteiger partial charge < -0.3 is 24.4 Å². The van der Waals surface area contributed by atoms with Crippen LogP contribution in [-0.4, -0.2) is 72.3 Å². The Morgan fingerprint density at radius 2 is 1.80 bits per heavy atom. The highest BCUT2D eigenvalue weighted by atomic mass is 16.5. The lowest BCUT2D eigenvalue weighted by atomic mass is 10.2. The van der Waals surface area contributed by atoms with Gasteiger partial charge in [-0.2, -0.15) is 20.1 Å². The molecule has 2 N–H and O–H groups in total. The number of morpholine rings is 1. The van der Waals surface area contributed by atoms with Gasteiger partial charge in [-0.3, -0.25) is 0 Å². The van der Waals surface area contributed by atoms with Gasteiger partial charge in [0.2, 0.25) is 17.8 Å². The molecular formula is C20H27N7O3. The number of hydrazone groups is 1. The number of hydrogen-bond donors (Lipinski definition) is 2. The molecule has 0 aliphatic carbocycles. The topological polar surface area (TPSA) is 108 Å². The molecule has 0 amide bonds. The van der Waals surface area contributed by atoms with Crippen LogP contribution in [0, 0.1) is 0 Å². The minimum absolute atomic E-state index is 0.0758. The first-order chi connectivity index (χ1) is 14.7. The lowest BCUT2D eigenvalue weighted by molar-refractivity contribution is 0.122. The average molecular weight is 413 g/mol. The predicted molar refractivity (Wildman–Crippen MR) is 115 cm³/mol. The molecule has 2 aliphatic heterocycles. The average Bonchev–Trinajstić information content (AvgIpc) is 3.31. The first-order valence-electron chi connectivity index (χ1n) is 10.3. The summed E-state index contributed by atoms with van der Waals surface area (Å²) >= 11 is 0. The van der Waals surface area contributed by atoms with Gasteiger partial charge in [0, 0.05) is 26.2 Å². The smallest absolute Gasteiger partial charge is 0.250 e. The molecule has 160 valence electrons. The molecule has 3 heterocycles. The zero-order chi connectivity index (χ0) is 20.8. The number of aromatic nitrogens is 3. The number of aromatic hydroxyl groups is 1. The zero-order valence-corrected chi connectivity index (χ0v) is 17.1. The molecule has 0 saturated carbocycles. The van der Waals surface area contributed by atoms with E-state index in [1.54, 1.807) is 18.3 Å². The molecule has 2 aliphatic rings. The molecule has 0 unspecified atom stereocenters. The van der Waals surface area contributed by atoms with Crippen molar-refractivity contribution in [3.63, 3.8) is 0 Å². The van der Waals surface area contributed by atoms with Gasteiger partial charge in [-0.05, 0) is 43.5 Å². The maximum Gasteiger partial charge on any atom is 0.250 e. The second-order valence-corrected chi connectivity index (χ2v) is 7.08. The molecule has 30 heavy (non-hydrogen) atoms. The summed E-state index contributed by atoms with van der Waals surface area (Å²) in [7, 11) is 0. The van der Waals surface area contributed by atoms with E-state index in [9.17, 15) is 5.11 Å². The Labute approximate surface area is 175 Å². The van der Waals surface area contributed by atoms with E-state index in [1.165, 1.54) is 0 Å². The third kappa shape index (κ3) is 4.88. The third-order valence-corrected chi connectivity index (χ3v) is 4.96. The fraction of sp³-hybridized carbons (Fsp3) is 0.500. The number of anilines is 3. The van der Waals surface area contributed by atoms with Crippen molar-refractivity contribution in [1.29, 1.82) is 0 Å². The predicted octanol–water partition coefficient (Wildman–Crippen LogP) is 1.86. The van der Waals surface area contributed by atoms with Gasteiger partial charge in [0.15, 0.2) is 11.5 Å². The number of phenolic OH excluding ortho intramolecular Hbond substituents is 1. The quantitative estimate of drug-likeness (QED) is 0.519. The molecule has 2 aromatic rings. The van der Waals surface area contributed by atoms with Gasteiger partial charge in [-0.15, -0.1) is 0 Å². The van der Waals surface area contributed by atoms with Gasteiger partial charge in [0.1, 0.15) is 0 Å². The van der Waals surface area contributed by atoms with E-state index in [0.29, 0.717) is 43.4 Å². The molecule has 0 spiro atoms. The van der Waals surface area contributed by atoms with E-state index < -0.39 is 0 Å². The van der Waals surface area contributed by atoms with Crippen LogP contribution in [0.5, 0.6) is 11.5 Å². The fourth-order valence-electron chi connectivity index (χ4n) is 3.42. The first-order valence-corrected chi connectivity index (χ1v) is 10.3. The largest absolute Gasteiger partial charge is 0.504 e. The summed E-state index contributed by atoms with van der Waals surface area (Å²) in [6.07, 6.45) is 3.88. The third-order valence-electron chi connectivity index (χ3n) is 4.96. The van der Waals surface area contributed by atoms with E-state index in [4.69, 9.17) is 9.47 Å². The van der Waals surface area contributed by atoms with Gasteiger partial charge in [0.05, 0.1) is 26.0 Å². The molecule has 4 rings (SSSR count). The van der Waals surface area contributed by atoms with Crippen molar-refractivity contribution in [2.75, 3.05) is 61.2 Å². The maximum atomic E-state index is 10.0. The van der Waals surface area contributed by atoms with E-state index in [1.807, 2.05) is 13.0 Å². The van der Waals surface area contributed by atoms with Crippen molar-refractivity contribution < 1.29 is 14.6 Å². The number of hydrogen-bond acceptors (Lipinski definition) is 10. The van der Waals surface area contributed by atoms with Crippen LogP contribution < -0.4 is 20.0 Å². The summed E-state index contributed by atoms with van der Waals surface area (Å²) in [5.41, 5.74) is 3.63. The molecule has 0 bridgehead atoms. The molecule has 1 aromatic carbocycles. The Morgan fingerprint density at radius 3 is 2.47 bits per heavy atom. The Hall–Kier alpha value is -3.14. The number of rotatable bonds is 7. The number of benzene rings is 1. The van der Waals surface area contributed by atoms with Crippen molar-refractivity contribution in [2.24, 2.45) is 5.10 Å². The molecule has 10 heteroatoms. The SMILES string of the molecule is CCOc1ccc(/C=N\Nc2nc(N3CCCC3)nc(N3CCOCC3)n2)cc1O. The lowest BCUT2D eigenvalue weighted by Crippen LogP contribution is -2.38. The Morgan fingerprint density at radius 1 is 1.10 bits per heavy atom. The summed E-state index contributed by atoms with van der Waals surface area (Å²) in [5, 5.41) is 14.3. The van der Waals surface area contributed by atoms with Crippen molar-refractivity contribution in [2.45, 2.75) is 19.8 Å². The Kier molecular flexibility index (Phi) is 6.43. The van der Waals surface area contributed by atoms with Crippen LogP contribution in [-0.2, 0) is 4.74 Å². The maximum absolute atomic E-state index is 10.0. The summed E-state index contributed by atoms with van der Waals surface area (Å²) in [6, 6.07) is 5.13. The van der Waals surface area contributed by atoms with Crippen LogP contribution in [0.1, 0.15) is 25.3 Å². The molecule has 0 atom stereocenters. The minimum atomic E-state index is 0.0758. The summed E-state index contributed by atoms with van der Waals surface area (Å²) in [4.78, 5) is 18.0. The fourth-order valence-corrected chi connectivity index (χ4v) is 3.42. The summed E-state index contributed by atoms with van der Waals surface area (Å²) in [6.45, 7) is 7.07. The minimum Gasteiger partial charge on any atom is -0.504 e. The molecule has 2 fully saturated rings. The van der Waals surface area contributed by atoms with E-state index in [2.05, 4.69) is 35.3 Å². The van der Waals surface area contributed by atoms with Crippen molar-refractivity contribution >= 4 is 24.1 Å². The summed E-state index contributed by atoms with van der Waals surface area (Å²) in [5.74, 6) is 2.21. The lowest BCUT2D eigenvalue weighted by Gasteiger charge is -2.27. The standard InChI is InChI=1S/C20H27N7O3/c1-2-30-17-6-5-15(13-16(17)28)14-21-25-18-22-19(26-7-3-4-8-26)24-20(23-18)27-9-11-29-12-10-27/h5-6,13-14,28H,2-4,7-12H2,1H3,(H,22,23,24,25)/b21-14-. The van der Waals surface area contributed by atoms with Gasteiger partial charge in [-0.25, -0.2) is 5.43 Å². The second kappa shape index (κ2) is 9.57. The van der Waals surface area contributed by atoms with Crippen molar-refractivity contribution in [1.82, 2.24) is 15.0 Å². The molecular weight excluding hydrogens is 386 g/mol. The van der Waals surface area contributed by atoms with Crippen molar-refractivity contribution in [3.05, 3.63) is 23.8 Å². The highest BCUT2D eigenvalue weighted by molar-refractivity contribution is 5.81. The molecule has 10 nitrogen and oxygen atoms in total. The van der Waals surface area contributed by atoms with Gasteiger partial charge in [-0.1, -0.05) is 0 Å². The number of nitrogens with one attached hydrogen (secondary N) is 1. The van der Waals surface area contributed by atoms with Crippen LogP contribution in [0.4, 0.5) is 17.8 Å². The number of nitrogens with zero attached hydrogens (tertiary/aromatic N) is 6. The van der Waals surface area contributed by atoms with E-state index >= 15 is 0 Å². The highest BCUT2D eigenvalue weighted by Crippen LogP contribution is 2.26. The highest BCUT2D eigenvalue weighted by Gasteiger charge is 2.21. The Balaban J connectivity index is 1.51. The zero-order valence-electron chi connectivity index (χ0n) is 17.1. The number of phenols is 1. The monoisotopic (exact) mass is 413 g/mol. The van der Waals surface area contributed by atoms with E-state index in [0.717, 1.165) is 44.6 Å². The normalized spacial score (nSPS) is 17.0. The molecule has 0 radical (unpaired) electrons. The van der Waals surface area contributed by atoms with Crippen molar-refractivity contribution in [3.8, 4) is 11.5 Å².